The Hall–Kier alpha value is -0.660. The van der Waals surface area contributed by atoms with E-state index in [0.29, 0.717) is 12.3 Å². The summed E-state index contributed by atoms with van der Waals surface area (Å²) in [7, 11) is 0. The number of ether oxygens (including phenoxy) is 3. The van der Waals surface area contributed by atoms with Gasteiger partial charge in [-0.2, -0.15) is 0 Å². The van der Waals surface area contributed by atoms with Gasteiger partial charge in [-0.3, -0.25) is 0 Å². The molecule has 2 unspecified atom stereocenters. The molecule has 32 heavy (non-hydrogen) atoms. The first-order valence-electron chi connectivity index (χ1n) is 11.6. The third-order valence-corrected chi connectivity index (χ3v) is 7.38. The van der Waals surface area contributed by atoms with Gasteiger partial charge in [-0.25, -0.2) is 0 Å². The van der Waals surface area contributed by atoms with Gasteiger partial charge < -0.3 is 50.0 Å². The lowest BCUT2D eigenvalue weighted by molar-refractivity contribution is -0.344. The Morgan fingerprint density at radius 1 is 0.875 bits per heavy atom. The van der Waals surface area contributed by atoms with Crippen molar-refractivity contribution in [1.29, 1.82) is 0 Å². The van der Waals surface area contributed by atoms with Gasteiger partial charge in [0.1, 0.15) is 48.3 Å². The second kappa shape index (κ2) is 9.91. The smallest absolute Gasteiger partial charge is 0.187 e. The molecule has 0 bridgehead atoms. The van der Waals surface area contributed by atoms with Gasteiger partial charge in [0.2, 0.25) is 0 Å². The number of rotatable bonds is 6. The second-order valence-corrected chi connectivity index (χ2v) is 9.63. The third kappa shape index (κ3) is 4.63. The normalized spacial score (nSPS) is 50.2. The number of hydrogen-bond acceptors (Lipinski definition) is 10. The van der Waals surface area contributed by atoms with Crippen molar-refractivity contribution in [1.82, 2.24) is 0 Å². The van der Waals surface area contributed by atoms with Crippen molar-refractivity contribution < 1.29 is 50.0 Å². The fourth-order valence-corrected chi connectivity index (χ4v) is 5.19. The molecule has 4 aliphatic rings. The van der Waals surface area contributed by atoms with Crippen LogP contribution in [0, 0.1) is 5.92 Å². The summed E-state index contributed by atoms with van der Waals surface area (Å²) in [4.78, 5) is 0. The van der Waals surface area contributed by atoms with Crippen molar-refractivity contribution in [2.75, 3.05) is 6.61 Å². The van der Waals surface area contributed by atoms with Gasteiger partial charge >= 0.3 is 0 Å². The van der Waals surface area contributed by atoms with Crippen molar-refractivity contribution >= 4 is 0 Å². The predicted molar refractivity (Wildman–Crippen MR) is 109 cm³/mol. The van der Waals surface area contributed by atoms with Gasteiger partial charge in [0.15, 0.2) is 6.29 Å². The summed E-state index contributed by atoms with van der Waals surface area (Å²) in [5.41, 5.74) is -1.28. The lowest BCUT2D eigenvalue weighted by atomic mass is 9.88. The van der Waals surface area contributed by atoms with E-state index in [0.717, 1.165) is 12.8 Å². The maximum absolute atomic E-state index is 10.9. The van der Waals surface area contributed by atoms with Crippen LogP contribution in [0.1, 0.15) is 44.9 Å². The summed E-state index contributed by atoms with van der Waals surface area (Å²) in [6.45, 7) is -0.624. The molecular formula is C22H36O10. The first-order chi connectivity index (χ1) is 15.3. The zero-order valence-corrected chi connectivity index (χ0v) is 18.0. The van der Waals surface area contributed by atoms with Gasteiger partial charge in [0, 0.05) is 6.42 Å². The zero-order chi connectivity index (χ0) is 23.0. The quantitative estimate of drug-likeness (QED) is 0.227. The van der Waals surface area contributed by atoms with Crippen LogP contribution in [-0.4, -0.2) is 109 Å². The van der Waals surface area contributed by atoms with Crippen LogP contribution in [-0.2, 0) is 14.2 Å². The molecule has 10 heteroatoms. The van der Waals surface area contributed by atoms with E-state index in [1.54, 1.807) is 0 Å². The van der Waals surface area contributed by atoms with Crippen LogP contribution >= 0.6 is 0 Å². The standard InChI is InChI=1S/C22H36O10/c23-10-13-15(25)17(27)18(28)21(30-13)31-19-16(26)12(32-22(20(19)29)9-14(22)24)8-4-7-11-5-2-1-3-6-11/h4,7,11-21,23-29H,1-3,5-6,8-10H2/b7-4+/t12-,13-,14?,15-,16-,17+,18+,19-,20+,21-,22?/m1/s1. The fraction of sp³-hybridized carbons (Fsp3) is 0.909. The minimum atomic E-state index is -1.67. The molecule has 4 rings (SSSR count). The van der Waals surface area contributed by atoms with Gasteiger partial charge in [0.05, 0.1) is 18.8 Å². The van der Waals surface area contributed by atoms with Crippen molar-refractivity contribution in [2.24, 2.45) is 5.92 Å². The first-order valence-corrected chi connectivity index (χ1v) is 11.6. The van der Waals surface area contributed by atoms with Gasteiger partial charge in [0.25, 0.3) is 0 Å². The molecule has 4 fully saturated rings. The Bertz CT molecular complexity index is 653. The van der Waals surface area contributed by atoms with Crippen LogP contribution in [0.4, 0.5) is 0 Å². The van der Waals surface area contributed by atoms with Crippen molar-refractivity contribution in [3.05, 3.63) is 12.2 Å². The van der Waals surface area contributed by atoms with E-state index in [9.17, 15) is 35.7 Å². The Balaban J connectivity index is 1.46. The largest absolute Gasteiger partial charge is 0.394 e. The molecule has 11 atom stereocenters. The van der Waals surface area contributed by atoms with Crippen LogP contribution in [0.15, 0.2) is 12.2 Å². The van der Waals surface area contributed by atoms with E-state index < -0.39 is 73.4 Å². The molecule has 0 radical (unpaired) electrons. The lowest BCUT2D eigenvalue weighted by Crippen LogP contribution is -2.65. The minimum absolute atomic E-state index is 0.179. The Morgan fingerprint density at radius 2 is 1.56 bits per heavy atom. The maximum atomic E-state index is 10.9. The van der Waals surface area contributed by atoms with E-state index in [2.05, 4.69) is 6.08 Å². The van der Waals surface area contributed by atoms with E-state index in [1.807, 2.05) is 6.08 Å². The predicted octanol–water partition coefficient (Wildman–Crippen LogP) is -1.68. The van der Waals surface area contributed by atoms with Crippen LogP contribution in [0.2, 0.25) is 0 Å². The van der Waals surface area contributed by atoms with E-state index in [4.69, 9.17) is 14.2 Å². The number of aliphatic hydroxyl groups is 7. The molecule has 2 aliphatic heterocycles. The van der Waals surface area contributed by atoms with E-state index in [1.165, 1.54) is 19.3 Å². The molecule has 2 saturated carbocycles. The minimum Gasteiger partial charge on any atom is -0.394 e. The SMILES string of the molecule is OC[C@H]1O[C@H](O[C@@H]2[C@H](O)[C@@H](C/C=C/C3CCCCC3)OC3(CC3O)[C@H]2O)[C@@H](O)[C@@H](O)[C@@H]1O. The Labute approximate surface area is 187 Å². The summed E-state index contributed by atoms with van der Waals surface area (Å²) in [5, 5.41) is 71.5. The van der Waals surface area contributed by atoms with Crippen molar-refractivity contribution in [3.8, 4) is 0 Å². The average molecular weight is 461 g/mol. The summed E-state index contributed by atoms with van der Waals surface area (Å²) in [5.74, 6) is 0.497. The molecule has 2 aliphatic carbocycles. The Morgan fingerprint density at radius 3 is 2.19 bits per heavy atom. The average Bonchev–Trinajstić information content (AvgIpc) is 3.45. The molecular weight excluding hydrogens is 424 g/mol. The van der Waals surface area contributed by atoms with Gasteiger partial charge in [-0.05, 0) is 25.2 Å². The van der Waals surface area contributed by atoms with Crippen molar-refractivity contribution in [2.45, 2.75) is 112 Å². The van der Waals surface area contributed by atoms with E-state index >= 15 is 0 Å². The fourth-order valence-electron chi connectivity index (χ4n) is 5.19. The zero-order valence-electron chi connectivity index (χ0n) is 18.0. The monoisotopic (exact) mass is 460 g/mol. The molecule has 0 amide bonds. The molecule has 0 aromatic heterocycles. The summed E-state index contributed by atoms with van der Waals surface area (Å²) in [6.07, 6.45) is -2.67. The summed E-state index contributed by atoms with van der Waals surface area (Å²) < 4.78 is 17.0. The first kappa shape index (κ1) is 24.5. The molecule has 2 saturated heterocycles. The van der Waals surface area contributed by atoms with Crippen molar-refractivity contribution in [3.63, 3.8) is 0 Å². The van der Waals surface area contributed by atoms with Crippen LogP contribution < -0.4 is 0 Å². The lowest BCUT2D eigenvalue weighted by Gasteiger charge is -2.46. The van der Waals surface area contributed by atoms with Crippen LogP contribution in [0.5, 0.6) is 0 Å². The maximum Gasteiger partial charge on any atom is 0.187 e. The van der Waals surface area contributed by atoms with Gasteiger partial charge in [-0.1, -0.05) is 31.4 Å². The second-order valence-electron chi connectivity index (χ2n) is 9.63. The molecule has 0 aromatic carbocycles. The number of hydrogen-bond donors (Lipinski definition) is 7. The topological polar surface area (TPSA) is 169 Å². The number of allylic oxidation sites excluding steroid dienone is 1. The number of aliphatic hydroxyl groups excluding tert-OH is 7. The molecule has 2 heterocycles. The summed E-state index contributed by atoms with van der Waals surface area (Å²) >= 11 is 0. The molecule has 7 N–H and O–H groups in total. The molecule has 10 nitrogen and oxygen atoms in total. The van der Waals surface area contributed by atoms with Crippen LogP contribution in [0.25, 0.3) is 0 Å². The van der Waals surface area contributed by atoms with Gasteiger partial charge in [-0.15, -0.1) is 0 Å². The van der Waals surface area contributed by atoms with E-state index in [-0.39, 0.29) is 6.42 Å². The third-order valence-electron chi connectivity index (χ3n) is 7.38. The molecule has 184 valence electrons. The highest BCUT2D eigenvalue weighted by Gasteiger charge is 2.68. The highest BCUT2D eigenvalue weighted by molar-refractivity contribution is 5.18. The molecule has 1 spiro atoms. The highest BCUT2D eigenvalue weighted by Crippen LogP contribution is 2.50. The summed E-state index contributed by atoms with van der Waals surface area (Å²) in [6, 6.07) is 0. The Kier molecular flexibility index (Phi) is 7.58. The highest BCUT2D eigenvalue weighted by atomic mass is 16.7. The van der Waals surface area contributed by atoms with Crippen LogP contribution in [0.3, 0.4) is 0 Å². The molecule has 0 aromatic rings.